The zero-order valence-electron chi connectivity index (χ0n) is 10.5. The average Bonchev–Trinajstić information content (AvgIpc) is 2.67. The van der Waals surface area contributed by atoms with Crippen molar-refractivity contribution in [3.63, 3.8) is 0 Å². The second kappa shape index (κ2) is 5.74. The van der Waals surface area contributed by atoms with Gasteiger partial charge in [-0.1, -0.05) is 17.4 Å². The number of fused-ring (bicyclic) bond motifs is 1. The summed E-state index contributed by atoms with van der Waals surface area (Å²) >= 11 is 3.63. The molecule has 0 spiro atoms. The first kappa shape index (κ1) is 12.7. The van der Waals surface area contributed by atoms with Gasteiger partial charge in [0.15, 0.2) is 5.13 Å². The molecule has 0 bridgehead atoms. The second-order valence-electron chi connectivity index (χ2n) is 4.32. The predicted molar refractivity (Wildman–Crippen MR) is 80.4 cm³/mol. The first-order valence-electron chi connectivity index (χ1n) is 5.81. The fourth-order valence-electron chi connectivity index (χ4n) is 1.68. The number of rotatable bonds is 5. The average molecular weight is 266 g/mol. The van der Waals surface area contributed by atoms with Crippen LogP contribution in [0.5, 0.6) is 0 Å². The summed E-state index contributed by atoms with van der Waals surface area (Å²) in [4.78, 5) is 4.62. The van der Waals surface area contributed by atoms with E-state index < -0.39 is 0 Å². The van der Waals surface area contributed by atoms with Gasteiger partial charge in [0.1, 0.15) is 0 Å². The maximum absolute atomic E-state index is 4.62. The zero-order valence-corrected chi connectivity index (χ0v) is 12.1. The van der Waals surface area contributed by atoms with Gasteiger partial charge in [0, 0.05) is 6.04 Å². The molecule has 0 aliphatic carbocycles. The summed E-state index contributed by atoms with van der Waals surface area (Å²) < 4.78 is 1.26. The second-order valence-corrected chi connectivity index (χ2v) is 6.33. The minimum atomic E-state index is 0.490. The van der Waals surface area contributed by atoms with Crippen LogP contribution < -0.4 is 5.32 Å². The molecule has 0 radical (unpaired) electrons. The van der Waals surface area contributed by atoms with Gasteiger partial charge in [-0.05, 0) is 50.0 Å². The summed E-state index contributed by atoms with van der Waals surface area (Å²) in [7, 11) is 0. The van der Waals surface area contributed by atoms with Gasteiger partial charge in [-0.3, -0.25) is 0 Å². The van der Waals surface area contributed by atoms with E-state index in [9.17, 15) is 0 Å². The molecule has 0 saturated heterocycles. The number of hydrogen-bond donors (Lipinski definition) is 1. The Balaban J connectivity index is 2.08. The highest BCUT2D eigenvalue weighted by molar-refractivity contribution is 7.98. The molecular weight excluding hydrogens is 248 g/mol. The lowest BCUT2D eigenvalue weighted by Gasteiger charge is -2.11. The Hall–Kier alpha value is -0.740. The molecule has 92 valence electrons. The van der Waals surface area contributed by atoms with Crippen LogP contribution in [0, 0.1) is 6.92 Å². The lowest BCUT2D eigenvalue weighted by Crippen LogP contribution is -2.15. The number of thiazole rings is 1. The number of benzene rings is 1. The van der Waals surface area contributed by atoms with Gasteiger partial charge >= 0.3 is 0 Å². The number of nitrogens with zero attached hydrogens (tertiary/aromatic N) is 1. The molecule has 0 fully saturated rings. The van der Waals surface area contributed by atoms with Crippen molar-refractivity contribution in [2.75, 3.05) is 17.3 Å². The molecule has 2 rings (SSSR count). The fraction of sp³-hybridized carbons (Fsp3) is 0.462. The molecule has 0 saturated carbocycles. The van der Waals surface area contributed by atoms with E-state index in [-0.39, 0.29) is 0 Å². The Bertz CT molecular complexity index is 493. The Morgan fingerprint density at radius 2 is 2.29 bits per heavy atom. The maximum atomic E-state index is 4.62. The van der Waals surface area contributed by atoms with Crippen molar-refractivity contribution in [3.05, 3.63) is 23.8 Å². The van der Waals surface area contributed by atoms with E-state index in [1.54, 1.807) is 11.3 Å². The molecule has 0 aliphatic heterocycles. The van der Waals surface area contributed by atoms with Crippen molar-refractivity contribution >= 4 is 38.4 Å². The van der Waals surface area contributed by atoms with Crippen molar-refractivity contribution in [1.29, 1.82) is 0 Å². The van der Waals surface area contributed by atoms with Crippen molar-refractivity contribution in [1.82, 2.24) is 4.98 Å². The Morgan fingerprint density at radius 1 is 1.47 bits per heavy atom. The van der Waals surface area contributed by atoms with Crippen LogP contribution in [0.15, 0.2) is 18.2 Å². The molecule has 1 unspecified atom stereocenters. The van der Waals surface area contributed by atoms with Crippen molar-refractivity contribution in [3.8, 4) is 0 Å². The summed E-state index contributed by atoms with van der Waals surface area (Å²) in [6.07, 6.45) is 3.32. The smallest absolute Gasteiger partial charge is 0.183 e. The Kier molecular flexibility index (Phi) is 4.29. The molecule has 17 heavy (non-hydrogen) atoms. The van der Waals surface area contributed by atoms with Gasteiger partial charge in [-0.25, -0.2) is 4.98 Å². The van der Waals surface area contributed by atoms with Crippen molar-refractivity contribution in [2.24, 2.45) is 0 Å². The first-order chi connectivity index (χ1) is 8.19. The minimum absolute atomic E-state index is 0.490. The normalized spacial score (nSPS) is 12.9. The molecule has 1 heterocycles. The van der Waals surface area contributed by atoms with Crippen LogP contribution in [0.4, 0.5) is 5.13 Å². The standard InChI is InChI=1S/C13H18N2S2/c1-9-4-5-12-11(8-9)15-13(17-12)14-10(2)6-7-16-3/h4-5,8,10H,6-7H2,1-3H3,(H,14,15). The Labute approximate surface area is 111 Å². The van der Waals surface area contributed by atoms with Crippen LogP contribution in [-0.4, -0.2) is 23.0 Å². The number of anilines is 1. The van der Waals surface area contributed by atoms with Crippen molar-refractivity contribution < 1.29 is 0 Å². The molecule has 1 N–H and O–H groups in total. The molecule has 1 aromatic heterocycles. The third-order valence-corrected chi connectivity index (χ3v) is 4.28. The van der Waals surface area contributed by atoms with E-state index in [4.69, 9.17) is 0 Å². The van der Waals surface area contributed by atoms with Gasteiger partial charge in [0.25, 0.3) is 0 Å². The van der Waals surface area contributed by atoms with Gasteiger partial charge in [0.2, 0.25) is 0 Å². The quantitative estimate of drug-likeness (QED) is 0.879. The molecule has 2 aromatic rings. The van der Waals surface area contributed by atoms with Gasteiger partial charge in [-0.2, -0.15) is 11.8 Å². The zero-order chi connectivity index (χ0) is 12.3. The highest BCUT2D eigenvalue weighted by Crippen LogP contribution is 2.27. The summed E-state index contributed by atoms with van der Waals surface area (Å²) in [5.41, 5.74) is 2.37. The Morgan fingerprint density at radius 3 is 3.06 bits per heavy atom. The highest BCUT2D eigenvalue weighted by Gasteiger charge is 2.07. The van der Waals surface area contributed by atoms with Crippen LogP contribution in [0.3, 0.4) is 0 Å². The molecular formula is C13H18N2S2. The monoisotopic (exact) mass is 266 g/mol. The van der Waals surface area contributed by atoms with Crippen LogP contribution in [0.2, 0.25) is 0 Å². The maximum Gasteiger partial charge on any atom is 0.183 e. The van der Waals surface area contributed by atoms with Crippen LogP contribution >= 0.6 is 23.1 Å². The third-order valence-electron chi connectivity index (χ3n) is 2.67. The molecule has 2 nitrogen and oxygen atoms in total. The van der Waals surface area contributed by atoms with Crippen LogP contribution in [-0.2, 0) is 0 Å². The summed E-state index contributed by atoms with van der Waals surface area (Å²) in [5, 5.41) is 4.52. The van der Waals surface area contributed by atoms with Gasteiger partial charge in [-0.15, -0.1) is 0 Å². The topological polar surface area (TPSA) is 24.9 Å². The molecule has 1 aromatic carbocycles. The molecule has 1 atom stereocenters. The largest absolute Gasteiger partial charge is 0.359 e. The summed E-state index contributed by atoms with van der Waals surface area (Å²) in [6.45, 7) is 4.32. The van der Waals surface area contributed by atoms with Crippen molar-refractivity contribution in [2.45, 2.75) is 26.3 Å². The molecule has 4 heteroatoms. The fourth-order valence-corrected chi connectivity index (χ4v) is 3.22. The van der Waals surface area contributed by atoms with E-state index in [0.29, 0.717) is 6.04 Å². The van der Waals surface area contributed by atoms with E-state index >= 15 is 0 Å². The first-order valence-corrected chi connectivity index (χ1v) is 8.03. The highest BCUT2D eigenvalue weighted by atomic mass is 32.2. The summed E-state index contributed by atoms with van der Waals surface area (Å²) in [6, 6.07) is 6.93. The van der Waals surface area contributed by atoms with E-state index in [1.807, 2.05) is 11.8 Å². The lowest BCUT2D eigenvalue weighted by atomic mass is 10.2. The third kappa shape index (κ3) is 3.36. The van der Waals surface area contributed by atoms with E-state index in [2.05, 4.69) is 48.6 Å². The van der Waals surface area contributed by atoms with Gasteiger partial charge < -0.3 is 5.32 Å². The predicted octanol–water partition coefficient (Wildman–Crippen LogP) is 4.16. The van der Waals surface area contributed by atoms with E-state index in [1.165, 1.54) is 22.4 Å². The number of nitrogens with one attached hydrogen (secondary N) is 1. The number of hydrogen-bond acceptors (Lipinski definition) is 4. The number of aromatic nitrogens is 1. The number of aryl methyl sites for hydroxylation is 1. The van der Waals surface area contributed by atoms with Gasteiger partial charge in [0.05, 0.1) is 10.2 Å². The molecule has 0 amide bonds. The van der Waals surface area contributed by atoms with Crippen LogP contribution in [0.1, 0.15) is 18.9 Å². The lowest BCUT2D eigenvalue weighted by molar-refractivity contribution is 0.771. The van der Waals surface area contributed by atoms with E-state index in [0.717, 1.165) is 10.6 Å². The number of thioether (sulfide) groups is 1. The summed E-state index contributed by atoms with van der Waals surface area (Å²) in [5.74, 6) is 1.19. The van der Waals surface area contributed by atoms with Crippen LogP contribution in [0.25, 0.3) is 10.2 Å². The SMILES string of the molecule is CSCCC(C)Nc1nc2cc(C)ccc2s1. The minimum Gasteiger partial charge on any atom is -0.359 e. The molecule has 0 aliphatic rings.